The molecule has 0 unspecified atom stereocenters. The number of rotatable bonds is 2. The third kappa shape index (κ3) is 2.92. The highest BCUT2D eigenvalue weighted by atomic mass is 32.1. The van der Waals surface area contributed by atoms with E-state index in [4.69, 9.17) is 0 Å². The number of fused-ring (bicyclic) bond motifs is 1. The normalized spacial score (nSPS) is 16.5. The monoisotopic (exact) mass is 236 g/mol. The molecule has 0 saturated carbocycles. The van der Waals surface area contributed by atoms with E-state index in [1.165, 1.54) is 11.3 Å². The van der Waals surface area contributed by atoms with Gasteiger partial charge >= 0.3 is 6.18 Å². The van der Waals surface area contributed by atoms with Gasteiger partial charge in [-0.05, 0) is 0 Å². The number of nitrogens with zero attached hydrogens (tertiary/aromatic N) is 1. The second kappa shape index (κ2) is 4.09. The molecule has 0 atom stereocenters. The molecular formula is C9H11F3N2S. The fourth-order valence-corrected chi connectivity index (χ4v) is 2.62. The summed E-state index contributed by atoms with van der Waals surface area (Å²) in [4.78, 5) is 5.33. The predicted octanol–water partition coefficient (Wildman–Crippen LogP) is 2.28. The Balaban J connectivity index is 2.01. The van der Waals surface area contributed by atoms with E-state index in [2.05, 4.69) is 10.3 Å². The number of aromatic nitrogens is 1. The molecule has 1 aliphatic heterocycles. The second-order valence-electron chi connectivity index (χ2n) is 3.52. The van der Waals surface area contributed by atoms with Crippen molar-refractivity contribution < 1.29 is 13.2 Å². The summed E-state index contributed by atoms with van der Waals surface area (Å²) in [6.07, 6.45) is -4.00. The molecule has 0 radical (unpaired) electrons. The average Bonchev–Trinajstić information content (AvgIpc) is 2.56. The summed E-state index contributed by atoms with van der Waals surface area (Å²) in [6.45, 7) is 1.62. The van der Waals surface area contributed by atoms with E-state index < -0.39 is 12.6 Å². The first-order chi connectivity index (χ1) is 7.04. The van der Waals surface area contributed by atoms with Crippen LogP contribution >= 0.6 is 11.3 Å². The number of alkyl halides is 3. The van der Waals surface area contributed by atoms with Gasteiger partial charge in [-0.1, -0.05) is 0 Å². The molecule has 1 aliphatic rings. The van der Waals surface area contributed by atoms with Crippen LogP contribution in [0.3, 0.4) is 0 Å². The molecule has 1 N–H and O–H groups in total. The van der Waals surface area contributed by atoms with Crippen LogP contribution in [0.2, 0.25) is 0 Å². The van der Waals surface area contributed by atoms with Gasteiger partial charge in [0.05, 0.1) is 10.7 Å². The largest absolute Gasteiger partial charge is 0.389 e. The minimum Gasteiger partial charge on any atom is -0.311 e. The number of halogens is 3. The highest BCUT2D eigenvalue weighted by Crippen LogP contribution is 2.26. The van der Waals surface area contributed by atoms with Gasteiger partial charge < -0.3 is 5.32 Å². The zero-order chi connectivity index (χ0) is 10.9. The molecule has 0 aromatic carbocycles. The standard InChI is InChI=1S/C9H11F3N2S/c10-9(11,12)3-1-8-14-6-2-4-13-5-7(6)15-8/h13H,1-5H2. The molecule has 6 heteroatoms. The zero-order valence-electron chi connectivity index (χ0n) is 8.02. The molecule has 2 heterocycles. The number of aryl methyl sites for hydroxylation is 1. The van der Waals surface area contributed by atoms with Crippen molar-refractivity contribution in [3.8, 4) is 0 Å². The highest BCUT2D eigenvalue weighted by molar-refractivity contribution is 7.11. The molecule has 1 aromatic rings. The first-order valence-corrected chi connectivity index (χ1v) is 5.61. The van der Waals surface area contributed by atoms with E-state index in [1.807, 2.05) is 0 Å². The minimum absolute atomic E-state index is 0.0150. The predicted molar refractivity (Wildman–Crippen MR) is 51.9 cm³/mol. The zero-order valence-corrected chi connectivity index (χ0v) is 8.84. The molecule has 1 aromatic heterocycles. The van der Waals surface area contributed by atoms with Crippen LogP contribution in [0.4, 0.5) is 13.2 Å². The second-order valence-corrected chi connectivity index (χ2v) is 4.69. The molecule has 2 nitrogen and oxygen atoms in total. The van der Waals surface area contributed by atoms with Gasteiger partial charge in [0.15, 0.2) is 0 Å². The van der Waals surface area contributed by atoms with Crippen molar-refractivity contribution in [2.24, 2.45) is 0 Å². The SMILES string of the molecule is FC(F)(F)CCc1nc2c(s1)CNCC2. The van der Waals surface area contributed by atoms with Gasteiger partial charge in [-0.25, -0.2) is 4.98 Å². The molecule has 84 valence electrons. The van der Waals surface area contributed by atoms with Crippen LogP contribution in [0.1, 0.15) is 22.0 Å². The van der Waals surface area contributed by atoms with Crippen LogP contribution in [0.15, 0.2) is 0 Å². The highest BCUT2D eigenvalue weighted by Gasteiger charge is 2.27. The maximum atomic E-state index is 12.0. The molecule has 0 saturated heterocycles. The van der Waals surface area contributed by atoms with Gasteiger partial charge in [0.1, 0.15) is 0 Å². The summed E-state index contributed by atoms with van der Waals surface area (Å²) in [5.74, 6) is 0. The first-order valence-electron chi connectivity index (χ1n) is 4.79. The lowest BCUT2D eigenvalue weighted by atomic mass is 10.2. The third-order valence-electron chi connectivity index (χ3n) is 2.27. The summed E-state index contributed by atoms with van der Waals surface area (Å²) in [5.41, 5.74) is 0.982. The van der Waals surface area contributed by atoms with Gasteiger partial charge in [-0.3, -0.25) is 0 Å². The van der Waals surface area contributed by atoms with Gasteiger partial charge in [0.25, 0.3) is 0 Å². The number of hydrogen-bond donors (Lipinski definition) is 1. The maximum absolute atomic E-state index is 12.0. The Labute approximate surface area is 89.5 Å². The molecule has 0 aliphatic carbocycles. The Morgan fingerprint density at radius 2 is 2.20 bits per heavy atom. The fourth-order valence-electron chi connectivity index (χ4n) is 1.53. The Morgan fingerprint density at radius 3 is 2.87 bits per heavy atom. The Hall–Kier alpha value is -0.620. The quantitative estimate of drug-likeness (QED) is 0.852. The lowest BCUT2D eigenvalue weighted by molar-refractivity contribution is -0.134. The minimum atomic E-state index is -4.08. The van der Waals surface area contributed by atoms with Crippen LogP contribution < -0.4 is 5.32 Å². The Morgan fingerprint density at radius 1 is 1.40 bits per heavy atom. The molecule has 0 bridgehead atoms. The summed E-state index contributed by atoms with van der Waals surface area (Å²) in [6, 6.07) is 0. The lowest BCUT2D eigenvalue weighted by Gasteiger charge is -2.09. The van der Waals surface area contributed by atoms with E-state index in [0.717, 1.165) is 30.1 Å². The summed E-state index contributed by atoms with van der Waals surface area (Å²) >= 11 is 1.40. The number of nitrogens with one attached hydrogen (secondary N) is 1. The van der Waals surface area contributed by atoms with Crippen molar-refractivity contribution in [3.05, 3.63) is 15.6 Å². The van der Waals surface area contributed by atoms with Gasteiger partial charge in [0, 0.05) is 37.2 Å². The van der Waals surface area contributed by atoms with Crippen LogP contribution in [0, 0.1) is 0 Å². The van der Waals surface area contributed by atoms with E-state index >= 15 is 0 Å². The van der Waals surface area contributed by atoms with E-state index in [-0.39, 0.29) is 6.42 Å². The van der Waals surface area contributed by atoms with Gasteiger partial charge in [0.2, 0.25) is 0 Å². The molecular weight excluding hydrogens is 225 g/mol. The summed E-state index contributed by atoms with van der Waals surface area (Å²) in [7, 11) is 0. The fraction of sp³-hybridized carbons (Fsp3) is 0.667. The van der Waals surface area contributed by atoms with E-state index in [9.17, 15) is 13.2 Å². The van der Waals surface area contributed by atoms with Gasteiger partial charge in [-0.2, -0.15) is 13.2 Å². The van der Waals surface area contributed by atoms with Crippen molar-refractivity contribution in [3.63, 3.8) is 0 Å². The number of hydrogen-bond acceptors (Lipinski definition) is 3. The first kappa shape index (κ1) is 10.9. The van der Waals surface area contributed by atoms with Crippen molar-refractivity contribution in [2.45, 2.75) is 32.0 Å². The average molecular weight is 236 g/mol. The summed E-state index contributed by atoms with van der Waals surface area (Å²) in [5, 5.41) is 3.79. The molecule has 0 fully saturated rings. The topological polar surface area (TPSA) is 24.9 Å². The molecule has 0 amide bonds. The smallest absolute Gasteiger partial charge is 0.311 e. The van der Waals surface area contributed by atoms with Crippen LogP contribution in [-0.4, -0.2) is 17.7 Å². The maximum Gasteiger partial charge on any atom is 0.389 e. The molecule has 15 heavy (non-hydrogen) atoms. The van der Waals surface area contributed by atoms with Crippen LogP contribution in [-0.2, 0) is 19.4 Å². The van der Waals surface area contributed by atoms with Crippen molar-refractivity contribution in [2.75, 3.05) is 6.54 Å². The molecule has 2 rings (SSSR count). The van der Waals surface area contributed by atoms with Crippen molar-refractivity contribution in [1.29, 1.82) is 0 Å². The number of thiazole rings is 1. The van der Waals surface area contributed by atoms with E-state index in [1.54, 1.807) is 0 Å². The Bertz CT molecular complexity index is 322. The molecule has 0 spiro atoms. The lowest BCUT2D eigenvalue weighted by Crippen LogP contribution is -2.22. The third-order valence-corrected chi connectivity index (χ3v) is 3.43. The van der Waals surface area contributed by atoms with Crippen molar-refractivity contribution in [1.82, 2.24) is 10.3 Å². The van der Waals surface area contributed by atoms with Crippen LogP contribution in [0.5, 0.6) is 0 Å². The van der Waals surface area contributed by atoms with Crippen LogP contribution in [0.25, 0.3) is 0 Å². The summed E-state index contributed by atoms with van der Waals surface area (Å²) < 4.78 is 36.0. The Kier molecular flexibility index (Phi) is 2.97. The van der Waals surface area contributed by atoms with E-state index in [0.29, 0.717) is 5.01 Å². The van der Waals surface area contributed by atoms with Gasteiger partial charge in [-0.15, -0.1) is 11.3 Å². The van der Waals surface area contributed by atoms with Crippen molar-refractivity contribution >= 4 is 11.3 Å².